The minimum atomic E-state index is -5.30. The van der Waals surface area contributed by atoms with Gasteiger partial charge in [0.15, 0.2) is 11.4 Å². The predicted octanol–water partition coefficient (Wildman–Crippen LogP) is 4.07. The van der Waals surface area contributed by atoms with E-state index in [0.29, 0.717) is 0 Å². The second-order valence-corrected chi connectivity index (χ2v) is 4.29. The average Bonchev–Trinajstić information content (AvgIpc) is 2.35. The molecule has 0 fully saturated rings. The Bertz CT molecular complexity index is 558. The average molecular weight is 396 g/mol. The van der Waals surface area contributed by atoms with Crippen LogP contribution in [0.3, 0.4) is 0 Å². The molecule has 22 heavy (non-hydrogen) atoms. The van der Waals surface area contributed by atoms with Gasteiger partial charge in [0.2, 0.25) is 0 Å². The third-order valence-corrected chi connectivity index (χ3v) is 2.82. The number of pyridine rings is 1. The van der Waals surface area contributed by atoms with Crippen molar-refractivity contribution in [2.45, 2.75) is 24.8 Å². The summed E-state index contributed by atoms with van der Waals surface area (Å²) in [6, 6.07) is 0. The summed E-state index contributed by atoms with van der Waals surface area (Å²) in [6.07, 6.45) is -10.0. The molecule has 1 heterocycles. The quantitative estimate of drug-likeness (QED) is 0.438. The zero-order valence-electron chi connectivity index (χ0n) is 10.8. The molecule has 0 radical (unpaired) electrons. The first-order valence-electron chi connectivity index (χ1n) is 5.59. The maximum Gasteiger partial charge on any atom is 0.573 e. The minimum absolute atomic E-state index is 0.198. The van der Waals surface area contributed by atoms with Crippen molar-refractivity contribution in [3.8, 4) is 5.75 Å². The van der Waals surface area contributed by atoms with Gasteiger partial charge in [-0.3, -0.25) is 0 Å². The minimum Gasteiger partial charge on any atom is -0.461 e. The van der Waals surface area contributed by atoms with E-state index < -0.39 is 46.4 Å². The van der Waals surface area contributed by atoms with E-state index in [4.69, 9.17) is 0 Å². The van der Waals surface area contributed by atoms with Crippen molar-refractivity contribution >= 4 is 21.9 Å². The largest absolute Gasteiger partial charge is 0.573 e. The smallest absolute Gasteiger partial charge is 0.461 e. The molecule has 4 nitrogen and oxygen atoms in total. The van der Waals surface area contributed by atoms with Crippen LogP contribution in [0.1, 0.15) is 28.5 Å². The van der Waals surface area contributed by atoms with Crippen LogP contribution in [-0.4, -0.2) is 23.9 Å². The SMILES string of the molecule is CCOC(=O)c1ncc(C(F)(F)F)c(CBr)c1OC(F)(F)F. The van der Waals surface area contributed by atoms with Crippen molar-refractivity contribution in [3.63, 3.8) is 0 Å². The Morgan fingerprint density at radius 1 is 1.27 bits per heavy atom. The fourth-order valence-corrected chi connectivity index (χ4v) is 2.04. The molecule has 0 bridgehead atoms. The first-order chi connectivity index (χ1) is 10.0. The Labute approximate surface area is 128 Å². The third kappa shape index (κ3) is 4.49. The monoisotopic (exact) mass is 395 g/mol. The molecular weight excluding hydrogens is 388 g/mol. The molecule has 1 rings (SSSR count). The highest BCUT2D eigenvalue weighted by Gasteiger charge is 2.40. The zero-order chi connectivity index (χ0) is 17.1. The number of hydrogen-bond acceptors (Lipinski definition) is 4. The molecule has 0 aliphatic rings. The van der Waals surface area contributed by atoms with Gasteiger partial charge in [-0.15, -0.1) is 13.2 Å². The molecule has 0 saturated heterocycles. The van der Waals surface area contributed by atoms with Gasteiger partial charge in [-0.25, -0.2) is 9.78 Å². The van der Waals surface area contributed by atoms with Gasteiger partial charge in [0.05, 0.1) is 12.2 Å². The Hall–Kier alpha value is -1.52. The maximum absolute atomic E-state index is 12.8. The summed E-state index contributed by atoms with van der Waals surface area (Å²) in [5.74, 6) is -2.66. The molecule has 0 unspecified atom stereocenters. The number of hydrogen-bond donors (Lipinski definition) is 0. The lowest BCUT2D eigenvalue weighted by atomic mass is 10.1. The molecule has 11 heteroatoms. The molecule has 124 valence electrons. The van der Waals surface area contributed by atoms with Crippen molar-refractivity contribution in [1.82, 2.24) is 4.98 Å². The van der Waals surface area contributed by atoms with Gasteiger partial charge in [0.25, 0.3) is 0 Å². The lowest BCUT2D eigenvalue weighted by Crippen LogP contribution is -2.23. The summed E-state index contributed by atoms with van der Waals surface area (Å²) in [5, 5.41) is -0.637. The van der Waals surface area contributed by atoms with E-state index in [1.54, 1.807) is 0 Å². The number of esters is 1. The van der Waals surface area contributed by atoms with Gasteiger partial charge in [0.1, 0.15) is 0 Å². The van der Waals surface area contributed by atoms with E-state index in [2.05, 4.69) is 30.4 Å². The summed E-state index contributed by atoms with van der Waals surface area (Å²) in [6.45, 7) is 1.17. The predicted molar refractivity (Wildman–Crippen MR) is 64.5 cm³/mol. The number of alkyl halides is 7. The first-order valence-corrected chi connectivity index (χ1v) is 6.71. The molecule has 0 spiro atoms. The molecule has 0 amide bonds. The summed E-state index contributed by atoms with van der Waals surface area (Å²) in [5.41, 5.74) is -3.33. The summed E-state index contributed by atoms with van der Waals surface area (Å²) >= 11 is 2.65. The number of rotatable bonds is 4. The molecule has 1 aromatic heterocycles. The topological polar surface area (TPSA) is 48.4 Å². The fourth-order valence-electron chi connectivity index (χ4n) is 1.48. The summed E-state index contributed by atoms with van der Waals surface area (Å²) in [4.78, 5) is 14.7. The third-order valence-electron chi connectivity index (χ3n) is 2.26. The Morgan fingerprint density at radius 3 is 2.27 bits per heavy atom. The van der Waals surface area contributed by atoms with Crippen molar-refractivity contribution in [1.29, 1.82) is 0 Å². The highest BCUT2D eigenvalue weighted by molar-refractivity contribution is 9.08. The highest BCUT2D eigenvalue weighted by Crippen LogP contribution is 2.40. The van der Waals surface area contributed by atoms with E-state index in [9.17, 15) is 31.1 Å². The van der Waals surface area contributed by atoms with Crippen LogP contribution in [0.15, 0.2) is 6.20 Å². The first kappa shape index (κ1) is 18.5. The number of aromatic nitrogens is 1. The number of carbonyl (C=O) groups excluding carboxylic acids is 1. The van der Waals surface area contributed by atoms with Crippen molar-refractivity contribution in [2.75, 3.05) is 6.61 Å². The summed E-state index contributed by atoms with van der Waals surface area (Å²) < 4.78 is 83.7. The van der Waals surface area contributed by atoms with Crippen LogP contribution in [0, 0.1) is 0 Å². The highest BCUT2D eigenvalue weighted by atomic mass is 79.9. The number of nitrogens with zero attached hydrogens (tertiary/aromatic N) is 1. The Balaban J connectivity index is 3.56. The van der Waals surface area contributed by atoms with Crippen LogP contribution in [0.5, 0.6) is 5.75 Å². The maximum atomic E-state index is 12.8. The molecule has 0 N–H and O–H groups in total. The number of carbonyl (C=O) groups is 1. The second-order valence-electron chi connectivity index (χ2n) is 3.73. The van der Waals surface area contributed by atoms with Gasteiger partial charge >= 0.3 is 18.5 Å². The van der Waals surface area contributed by atoms with Crippen LogP contribution in [0.2, 0.25) is 0 Å². The molecule has 0 aliphatic heterocycles. The number of halogens is 7. The normalized spacial score (nSPS) is 12.2. The Morgan fingerprint density at radius 2 is 1.86 bits per heavy atom. The van der Waals surface area contributed by atoms with E-state index in [1.807, 2.05) is 0 Å². The van der Waals surface area contributed by atoms with E-state index in [0.717, 1.165) is 0 Å². The second kappa shape index (κ2) is 6.71. The zero-order valence-corrected chi connectivity index (χ0v) is 12.4. The van der Waals surface area contributed by atoms with Gasteiger partial charge in [-0.05, 0) is 6.92 Å². The van der Waals surface area contributed by atoms with Crippen LogP contribution in [-0.2, 0) is 16.2 Å². The molecule has 1 aromatic rings. The van der Waals surface area contributed by atoms with Crippen molar-refractivity contribution in [2.24, 2.45) is 0 Å². The van der Waals surface area contributed by atoms with Crippen LogP contribution in [0.4, 0.5) is 26.3 Å². The lowest BCUT2D eigenvalue weighted by molar-refractivity contribution is -0.275. The molecule has 0 aromatic carbocycles. The lowest BCUT2D eigenvalue weighted by Gasteiger charge is -2.18. The van der Waals surface area contributed by atoms with Gasteiger partial charge in [-0.1, -0.05) is 15.9 Å². The van der Waals surface area contributed by atoms with Crippen molar-refractivity contribution < 1.29 is 40.6 Å². The van der Waals surface area contributed by atoms with Crippen LogP contribution in [0.25, 0.3) is 0 Å². The van der Waals surface area contributed by atoms with Gasteiger partial charge in [0, 0.05) is 17.1 Å². The van der Waals surface area contributed by atoms with Crippen LogP contribution < -0.4 is 4.74 Å². The fraction of sp³-hybridized carbons (Fsp3) is 0.455. The summed E-state index contributed by atoms with van der Waals surface area (Å²) in [7, 11) is 0. The Kier molecular flexibility index (Phi) is 5.65. The van der Waals surface area contributed by atoms with Gasteiger partial charge < -0.3 is 9.47 Å². The molecule has 0 aliphatic carbocycles. The number of ether oxygens (including phenoxy) is 2. The van der Waals surface area contributed by atoms with E-state index >= 15 is 0 Å². The van der Waals surface area contributed by atoms with E-state index in [-0.39, 0.29) is 12.8 Å². The molecular formula is C11H8BrF6NO3. The van der Waals surface area contributed by atoms with E-state index in [1.165, 1.54) is 6.92 Å². The molecule has 0 saturated carbocycles. The van der Waals surface area contributed by atoms with Crippen molar-refractivity contribution in [3.05, 3.63) is 23.0 Å². The standard InChI is InChI=1S/C11H8BrF6NO3/c1-2-21-9(20)7-8(22-11(16,17)18)5(3-12)6(4-19-7)10(13,14)15/h4H,2-3H2,1H3. The molecule has 0 atom stereocenters. The van der Waals surface area contributed by atoms with Crippen LogP contribution >= 0.6 is 15.9 Å². The van der Waals surface area contributed by atoms with Gasteiger partial charge in [-0.2, -0.15) is 13.2 Å².